The third kappa shape index (κ3) is 3.45. The Balaban J connectivity index is 1.67. The molecule has 0 saturated carbocycles. The molecule has 6 heteroatoms. The fourth-order valence-electron chi connectivity index (χ4n) is 2.72. The minimum absolute atomic E-state index is 0.756. The molecule has 5 nitrogen and oxygen atoms in total. The molecular formula is C14H21N5S. The van der Waals surface area contributed by atoms with E-state index in [2.05, 4.69) is 38.4 Å². The average molecular weight is 291 g/mol. The molecule has 0 aliphatic carbocycles. The molecule has 20 heavy (non-hydrogen) atoms. The molecule has 0 radical (unpaired) electrons. The topological polar surface area (TPSA) is 56.8 Å². The van der Waals surface area contributed by atoms with E-state index in [0.717, 1.165) is 44.3 Å². The lowest BCUT2D eigenvalue weighted by atomic mass is 10.1. The number of rotatable bonds is 6. The maximum atomic E-state index is 4.36. The summed E-state index contributed by atoms with van der Waals surface area (Å²) in [4.78, 5) is 8.23. The quantitative estimate of drug-likeness (QED) is 0.852. The van der Waals surface area contributed by atoms with Crippen LogP contribution in [-0.2, 0) is 13.1 Å². The van der Waals surface area contributed by atoms with Gasteiger partial charge >= 0.3 is 0 Å². The van der Waals surface area contributed by atoms with Crippen LogP contribution >= 0.6 is 11.3 Å². The van der Waals surface area contributed by atoms with Gasteiger partial charge in [-0.3, -0.25) is 10.00 Å². The molecule has 1 fully saturated rings. The Morgan fingerprint density at radius 3 is 3.05 bits per heavy atom. The molecule has 0 unspecified atom stereocenters. The number of hydrogen-bond acceptors (Lipinski definition) is 5. The zero-order valence-corrected chi connectivity index (χ0v) is 12.6. The number of H-pyrrole nitrogens is 1. The molecule has 1 aliphatic rings. The number of aromatic nitrogens is 3. The predicted molar refractivity (Wildman–Crippen MR) is 80.5 cm³/mol. The highest BCUT2D eigenvalue weighted by molar-refractivity contribution is 7.09. The SMILES string of the molecule is Cc1ncsc1CN(Cc1ccn[nH]1)C[C@H]1CCNC1. The lowest BCUT2D eigenvalue weighted by Crippen LogP contribution is -2.30. The van der Waals surface area contributed by atoms with Gasteiger partial charge in [0.15, 0.2) is 0 Å². The molecule has 1 atom stereocenters. The third-order valence-corrected chi connectivity index (χ3v) is 4.76. The second-order valence-corrected chi connectivity index (χ2v) is 6.41. The van der Waals surface area contributed by atoms with Crippen LogP contribution in [0, 0.1) is 12.8 Å². The van der Waals surface area contributed by atoms with E-state index >= 15 is 0 Å². The predicted octanol–water partition coefficient (Wildman–Crippen LogP) is 1.79. The molecule has 0 bridgehead atoms. The smallest absolute Gasteiger partial charge is 0.0798 e. The second-order valence-electron chi connectivity index (χ2n) is 5.47. The molecule has 0 aromatic carbocycles. The van der Waals surface area contributed by atoms with Gasteiger partial charge in [0.2, 0.25) is 0 Å². The van der Waals surface area contributed by atoms with Crippen molar-refractivity contribution in [2.75, 3.05) is 19.6 Å². The molecule has 2 N–H and O–H groups in total. The Labute approximate surface area is 123 Å². The Hall–Kier alpha value is -1.24. The van der Waals surface area contributed by atoms with Crippen LogP contribution in [0.25, 0.3) is 0 Å². The highest BCUT2D eigenvalue weighted by Gasteiger charge is 2.19. The van der Waals surface area contributed by atoms with Gasteiger partial charge in [0.1, 0.15) is 0 Å². The van der Waals surface area contributed by atoms with Gasteiger partial charge in [-0.1, -0.05) is 0 Å². The van der Waals surface area contributed by atoms with Gasteiger partial charge in [0.25, 0.3) is 0 Å². The van der Waals surface area contributed by atoms with Crippen molar-refractivity contribution in [2.24, 2.45) is 5.92 Å². The van der Waals surface area contributed by atoms with Crippen LogP contribution in [0.2, 0.25) is 0 Å². The first-order chi connectivity index (χ1) is 9.81. The summed E-state index contributed by atoms with van der Waals surface area (Å²) in [5, 5.41) is 10.6. The fraction of sp³-hybridized carbons (Fsp3) is 0.571. The van der Waals surface area contributed by atoms with E-state index in [4.69, 9.17) is 0 Å². The molecular weight excluding hydrogens is 270 g/mol. The Kier molecular flexibility index (Phi) is 4.44. The van der Waals surface area contributed by atoms with Crippen LogP contribution in [0.1, 0.15) is 22.7 Å². The zero-order chi connectivity index (χ0) is 13.8. The molecule has 2 aromatic rings. The van der Waals surface area contributed by atoms with Crippen molar-refractivity contribution in [1.29, 1.82) is 0 Å². The van der Waals surface area contributed by atoms with E-state index < -0.39 is 0 Å². The van der Waals surface area contributed by atoms with Crippen molar-refractivity contribution < 1.29 is 0 Å². The van der Waals surface area contributed by atoms with Crippen LogP contribution in [0.5, 0.6) is 0 Å². The summed E-state index contributed by atoms with van der Waals surface area (Å²) in [6, 6.07) is 2.05. The lowest BCUT2D eigenvalue weighted by molar-refractivity contribution is 0.219. The zero-order valence-electron chi connectivity index (χ0n) is 11.8. The summed E-state index contributed by atoms with van der Waals surface area (Å²) in [5.41, 5.74) is 4.28. The van der Waals surface area contributed by atoms with Crippen molar-refractivity contribution >= 4 is 11.3 Å². The van der Waals surface area contributed by atoms with E-state index in [9.17, 15) is 0 Å². The maximum absolute atomic E-state index is 4.36. The van der Waals surface area contributed by atoms with Gasteiger partial charge in [-0.25, -0.2) is 4.98 Å². The van der Waals surface area contributed by atoms with Crippen LogP contribution in [-0.4, -0.2) is 39.7 Å². The Bertz CT molecular complexity index is 515. The van der Waals surface area contributed by atoms with Crippen molar-refractivity contribution in [3.05, 3.63) is 34.0 Å². The number of thiazole rings is 1. The summed E-state index contributed by atoms with van der Waals surface area (Å²) < 4.78 is 0. The summed E-state index contributed by atoms with van der Waals surface area (Å²) in [6.07, 6.45) is 3.10. The van der Waals surface area contributed by atoms with E-state index in [1.165, 1.54) is 17.0 Å². The first kappa shape index (κ1) is 13.7. The number of nitrogens with zero attached hydrogens (tertiary/aromatic N) is 3. The third-order valence-electron chi connectivity index (χ3n) is 3.84. The molecule has 0 spiro atoms. The second kappa shape index (κ2) is 6.47. The van der Waals surface area contributed by atoms with Gasteiger partial charge in [-0.2, -0.15) is 5.10 Å². The van der Waals surface area contributed by atoms with Crippen LogP contribution in [0.4, 0.5) is 0 Å². The summed E-state index contributed by atoms with van der Waals surface area (Å²) in [6.45, 7) is 7.42. The van der Waals surface area contributed by atoms with E-state index in [1.54, 1.807) is 11.3 Å². The monoisotopic (exact) mass is 291 g/mol. The molecule has 3 rings (SSSR count). The molecule has 108 valence electrons. The highest BCUT2D eigenvalue weighted by atomic mass is 32.1. The number of nitrogens with one attached hydrogen (secondary N) is 2. The van der Waals surface area contributed by atoms with Crippen molar-refractivity contribution in [3.63, 3.8) is 0 Å². The minimum atomic E-state index is 0.756. The van der Waals surface area contributed by atoms with Gasteiger partial charge < -0.3 is 5.32 Å². The van der Waals surface area contributed by atoms with Crippen molar-refractivity contribution in [3.8, 4) is 0 Å². The first-order valence-electron chi connectivity index (χ1n) is 7.11. The highest BCUT2D eigenvalue weighted by Crippen LogP contribution is 2.19. The van der Waals surface area contributed by atoms with Crippen LogP contribution in [0.3, 0.4) is 0 Å². The molecule has 2 aromatic heterocycles. The maximum Gasteiger partial charge on any atom is 0.0798 e. The van der Waals surface area contributed by atoms with Crippen molar-refractivity contribution in [1.82, 2.24) is 25.4 Å². The van der Waals surface area contributed by atoms with Crippen LogP contribution < -0.4 is 5.32 Å². The van der Waals surface area contributed by atoms with E-state index in [0.29, 0.717) is 0 Å². The van der Waals surface area contributed by atoms with Gasteiger partial charge in [0.05, 0.1) is 11.2 Å². The van der Waals surface area contributed by atoms with Gasteiger partial charge in [-0.15, -0.1) is 11.3 Å². The molecule has 0 amide bonds. The molecule has 3 heterocycles. The largest absolute Gasteiger partial charge is 0.316 e. The number of aromatic amines is 1. The molecule has 1 saturated heterocycles. The normalized spacial score (nSPS) is 19.0. The van der Waals surface area contributed by atoms with Gasteiger partial charge in [0, 0.05) is 36.4 Å². The standard InChI is InChI=1S/C14H21N5S/c1-11-14(20-10-16-11)9-19(7-12-2-4-15-6-12)8-13-3-5-17-18-13/h3,5,10,12,15H,2,4,6-9H2,1H3,(H,17,18)/t12-/m0/s1. The van der Waals surface area contributed by atoms with Crippen molar-refractivity contribution in [2.45, 2.75) is 26.4 Å². The average Bonchev–Trinajstić information content (AvgIpc) is 3.15. The first-order valence-corrected chi connectivity index (χ1v) is 7.99. The minimum Gasteiger partial charge on any atom is -0.316 e. The number of hydrogen-bond donors (Lipinski definition) is 2. The summed E-state index contributed by atoms with van der Waals surface area (Å²) >= 11 is 1.75. The summed E-state index contributed by atoms with van der Waals surface area (Å²) in [5.74, 6) is 0.756. The fourth-order valence-corrected chi connectivity index (χ4v) is 3.53. The molecule has 1 aliphatic heterocycles. The van der Waals surface area contributed by atoms with Gasteiger partial charge in [-0.05, 0) is 38.4 Å². The Morgan fingerprint density at radius 2 is 2.40 bits per heavy atom. The van der Waals surface area contributed by atoms with Crippen LogP contribution in [0.15, 0.2) is 17.8 Å². The summed E-state index contributed by atoms with van der Waals surface area (Å²) in [7, 11) is 0. The van der Waals surface area contributed by atoms with E-state index in [1.807, 2.05) is 11.7 Å². The lowest BCUT2D eigenvalue weighted by Gasteiger charge is -2.24. The van der Waals surface area contributed by atoms with E-state index in [-0.39, 0.29) is 0 Å². The number of aryl methyl sites for hydroxylation is 1. The Morgan fingerprint density at radius 1 is 1.45 bits per heavy atom.